The summed E-state index contributed by atoms with van der Waals surface area (Å²) >= 11 is 0. The van der Waals surface area contributed by atoms with Gasteiger partial charge in [-0.25, -0.2) is 0 Å². The Morgan fingerprint density at radius 3 is 1.04 bits per heavy atom. The average molecular weight is 709 g/mol. The highest BCUT2D eigenvalue weighted by Gasteiger charge is 2.19. The van der Waals surface area contributed by atoms with Crippen molar-refractivity contribution in [3.8, 4) is 0 Å². The van der Waals surface area contributed by atoms with Gasteiger partial charge in [0.15, 0.2) is 6.10 Å². The molecule has 6 heteroatoms. The molecule has 0 amide bonds. The lowest BCUT2D eigenvalue weighted by Gasteiger charge is -2.18. The largest absolute Gasteiger partial charge is 0.462 e. The number of unbranched alkanes of at least 4 members (excludes halogenated alkanes) is 25. The molecule has 0 spiro atoms. The standard InChI is InChI=1S/C44H84O6/c1-5-8-10-12-14-18-23-27-31-35-42(45)48-38-41(50-44(47)37-33-29-25-19-15-13-11-9-6-2)39-49-43(46)36-32-28-24-21-17-16-20-22-26-30-34-40(4)7-3/h40-41H,5-39H2,1-4H3/t40?,41-/m1/s1. The van der Waals surface area contributed by atoms with Gasteiger partial charge < -0.3 is 14.2 Å². The second-order valence-electron chi connectivity index (χ2n) is 15.2. The van der Waals surface area contributed by atoms with Crippen molar-refractivity contribution in [3.05, 3.63) is 0 Å². The van der Waals surface area contributed by atoms with E-state index in [0.29, 0.717) is 19.3 Å². The van der Waals surface area contributed by atoms with Crippen LogP contribution in [0.2, 0.25) is 0 Å². The minimum Gasteiger partial charge on any atom is -0.462 e. The maximum atomic E-state index is 12.6. The fourth-order valence-corrected chi connectivity index (χ4v) is 6.42. The molecule has 296 valence electrons. The van der Waals surface area contributed by atoms with Crippen molar-refractivity contribution in [2.45, 2.75) is 246 Å². The van der Waals surface area contributed by atoms with Gasteiger partial charge in [-0.15, -0.1) is 0 Å². The Morgan fingerprint density at radius 1 is 0.400 bits per heavy atom. The Labute approximate surface area is 310 Å². The SMILES string of the molecule is CCCCCCCCCCCC(=O)OC[C@H](COC(=O)CCCCCCCCCCCCC(C)CC)OC(=O)CCCCCCCCCCC. The summed E-state index contributed by atoms with van der Waals surface area (Å²) in [6, 6.07) is 0. The van der Waals surface area contributed by atoms with E-state index in [1.165, 1.54) is 135 Å². The highest BCUT2D eigenvalue weighted by atomic mass is 16.6. The normalized spacial score (nSPS) is 12.5. The highest BCUT2D eigenvalue weighted by molar-refractivity contribution is 5.71. The van der Waals surface area contributed by atoms with Crippen LogP contribution in [-0.4, -0.2) is 37.2 Å². The number of carbonyl (C=O) groups is 3. The van der Waals surface area contributed by atoms with Crippen LogP contribution in [0, 0.1) is 5.92 Å². The fourth-order valence-electron chi connectivity index (χ4n) is 6.42. The summed E-state index contributed by atoms with van der Waals surface area (Å²) in [4.78, 5) is 37.5. The van der Waals surface area contributed by atoms with E-state index >= 15 is 0 Å². The molecule has 0 rings (SSSR count). The quantitative estimate of drug-likeness (QED) is 0.0359. The van der Waals surface area contributed by atoms with Gasteiger partial charge in [0.2, 0.25) is 0 Å². The van der Waals surface area contributed by atoms with Crippen LogP contribution in [0.25, 0.3) is 0 Å². The molecule has 0 radical (unpaired) electrons. The predicted molar refractivity (Wildman–Crippen MR) is 210 cm³/mol. The van der Waals surface area contributed by atoms with Crippen molar-refractivity contribution in [1.82, 2.24) is 0 Å². The van der Waals surface area contributed by atoms with E-state index in [2.05, 4.69) is 27.7 Å². The van der Waals surface area contributed by atoms with Crippen molar-refractivity contribution in [2.75, 3.05) is 13.2 Å². The molecule has 0 aromatic carbocycles. The van der Waals surface area contributed by atoms with E-state index in [-0.39, 0.29) is 31.1 Å². The minimum absolute atomic E-state index is 0.0645. The zero-order chi connectivity index (χ0) is 36.8. The molecule has 50 heavy (non-hydrogen) atoms. The van der Waals surface area contributed by atoms with E-state index in [4.69, 9.17) is 14.2 Å². The Bertz CT molecular complexity index is 753. The molecule has 0 saturated carbocycles. The highest BCUT2D eigenvalue weighted by Crippen LogP contribution is 2.16. The van der Waals surface area contributed by atoms with Crippen LogP contribution in [0.4, 0.5) is 0 Å². The summed E-state index contributed by atoms with van der Waals surface area (Å²) in [5.74, 6) is 0.00791. The van der Waals surface area contributed by atoms with E-state index in [9.17, 15) is 14.4 Å². The Balaban J connectivity index is 4.29. The van der Waals surface area contributed by atoms with Crippen molar-refractivity contribution in [2.24, 2.45) is 5.92 Å². The van der Waals surface area contributed by atoms with Crippen LogP contribution in [0.1, 0.15) is 240 Å². The van der Waals surface area contributed by atoms with Crippen LogP contribution in [0.5, 0.6) is 0 Å². The zero-order valence-corrected chi connectivity index (χ0v) is 33.9. The van der Waals surface area contributed by atoms with Gasteiger partial charge in [0.05, 0.1) is 0 Å². The van der Waals surface area contributed by atoms with Crippen molar-refractivity contribution >= 4 is 17.9 Å². The van der Waals surface area contributed by atoms with E-state index in [1.54, 1.807) is 0 Å². The molecule has 0 aliphatic rings. The summed E-state index contributed by atoms with van der Waals surface area (Å²) in [6.45, 7) is 8.97. The van der Waals surface area contributed by atoms with E-state index in [1.807, 2.05) is 0 Å². The van der Waals surface area contributed by atoms with Crippen LogP contribution < -0.4 is 0 Å². The smallest absolute Gasteiger partial charge is 0.306 e. The van der Waals surface area contributed by atoms with Crippen LogP contribution in [0.15, 0.2) is 0 Å². The first kappa shape index (κ1) is 48.4. The molecule has 2 atom stereocenters. The molecule has 0 aromatic rings. The maximum absolute atomic E-state index is 12.6. The maximum Gasteiger partial charge on any atom is 0.306 e. The van der Waals surface area contributed by atoms with Gasteiger partial charge in [0, 0.05) is 19.3 Å². The Morgan fingerprint density at radius 2 is 0.700 bits per heavy atom. The third-order valence-electron chi connectivity index (χ3n) is 10.2. The molecular weight excluding hydrogens is 624 g/mol. The van der Waals surface area contributed by atoms with Gasteiger partial charge in [0.25, 0.3) is 0 Å². The molecule has 0 saturated heterocycles. The summed E-state index contributed by atoms with van der Waals surface area (Å²) < 4.78 is 16.6. The first-order valence-electron chi connectivity index (χ1n) is 21.9. The zero-order valence-electron chi connectivity index (χ0n) is 33.9. The number of rotatable bonds is 39. The van der Waals surface area contributed by atoms with Gasteiger partial charge in [-0.2, -0.15) is 0 Å². The minimum atomic E-state index is -0.757. The van der Waals surface area contributed by atoms with Gasteiger partial charge in [-0.05, 0) is 25.2 Å². The topological polar surface area (TPSA) is 78.9 Å². The lowest BCUT2D eigenvalue weighted by molar-refractivity contribution is -0.167. The molecule has 0 heterocycles. The third kappa shape index (κ3) is 36.2. The molecule has 0 aromatic heterocycles. The third-order valence-corrected chi connectivity index (χ3v) is 10.2. The van der Waals surface area contributed by atoms with E-state index < -0.39 is 6.10 Å². The fraction of sp³-hybridized carbons (Fsp3) is 0.932. The predicted octanol–water partition coefficient (Wildman–Crippen LogP) is 13.6. The first-order chi connectivity index (χ1) is 24.4. The monoisotopic (exact) mass is 709 g/mol. The van der Waals surface area contributed by atoms with E-state index in [0.717, 1.165) is 63.7 Å². The molecular formula is C44H84O6. The van der Waals surface area contributed by atoms with Gasteiger partial charge in [-0.1, -0.05) is 201 Å². The van der Waals surface area contributed by atoms with Crippen molar-refractivity contribution in [3.63, 3.8) is 0 Å². The molecule has 6 nitrogen and oxygen atoms in total. The molecule has 0 aliphatic heterocycles. The number of ether oxygens (including phenoxy) is 3. The molecule has 1 unspecified atom stereocenters. The summed E-state index contributed by atoms with van der Waals surface area (Å²) in [6.07, 6.45) is 36.5. The average Bonchev–Trinajstić information content (AvgIpc) is 3.11. The van der Waals surface area contributed by atoms with Gasteiger partial charge >= 0.3 is 17.9 Å². The Hall–Kier alpha value is -1.59. The number of hydrogen-bond acceptors (Lipinski definition) is 6. The summed E-state index contributed by atoms with van der Waals surface area (Å²) in [7, 11) is 0. The first-order valence-corrected chi connectivity index (χ1v) is 21.9. The van der Waals surface area contributed by atoms with Crippen LogP contribution >= 0.6 is 0 Å². The second kappa shape index (κ2) is 38.6. The number of esters is 3. The van der Waals surface area contributed by atoms with Crippen molar-refractivity contribution in [1.29, 1.82) is 0 Å². The summed E-state index contributed by atoms with van der Waals surface area (Å²) in [5.41, 5.74) is 0. The number of carbonyl (C=O) groups excluding carboxylic acids is 3. The van der Waals surface area contributed by atoms with Crippen LogP contribution in [-0.2, 0) is 28.6 Å². The lowest BCUT2D eigenvalue weighted by atomic mass is 9.99. The van der Waals surface area contributed by atoms with Crippen LogP contribution in [0.3, 0.4) is 0 Å². The summed E-state index contributed by atoms with van der Waals surface area (Å²) in [5, 5.41) is 0. The Kier molecular flexibility index (Phi) is 37.4. The van der Waals surface area contributed by atoms with Gasteiger partial charge in [0.1, 0.15) is 13.2 Å². The number of hydrogen-bond donors (Lipinski definition) is 0. The van der Waals surface area contributed by atoms with Crippen molar-refractivity contribution < 1.29 is 28.6 Å². The molecule has 0 bridgehead atoms. The second-order valence-corrected chi connectivity index (χ2v) is 15.2. The lowest BCUT2D eigenvalue weighted by Crippen LogP contribution is -2.30. The molecule has 0 aliphatic carbocycles. The molecule has 0 N–H and O–H groups in total. The van der Waals surface area contributed by atoms with Gasteiger partial charge in [-0.3, -0.25) is 14.4 Å². The molecule has 0 fully saturated rings.